The summed E-state index contributed by atoms with van der Waals surface area (Å²) in [5, 5.41) is 13.3. The van der Waals surface area contributed by atoms with Crippen LogP contribution in [0.2, 0.25) is 0 Å². The van der Waals surface area contributed by atoms with Gasteiger partial charge in [0.05, 0.1) is 22.1 Å². The van der Waals surface area contributed by atoms with E-state index in [0.29, 0.717) is 12.7 Å². The van der Waals surface area contributed by atoms with Gasteiger partial charge in [0.25, 0.3) is 10.1 Å². The molecule has 0 spiro atoms. The van der Waals surface area contributed by atoms with Crippen molar-refractivity contribution in [1.29, 1.82) is 0 Å². The molecule has 2 aromatic rings. The third kappa shape index (κ3) is 10.1. The normalized spacial score (nSPS) is 12.4. The predicted octanol–water partition coefficient (Wildman–Crippen LogP) is 5.13. The smallest absolute Gasteiger partial charge is 0.461 e. The highest BCUT2D eigenvalue weighted by molar-refractivity contribution is 14.1. The molecule has 0 saturated heterocycles. The lowest BCUT2D eigenvalue weighted by Gasteiger charge is -2.19. The molecule has 1 amide bonds. The molecule has 0 bridgehead atoms. The topological polar surface area (TPSA) is 179 Å². The second-order valence-electron chi connectivity index (χ2n) is 8.05. The summed E-state index contributed by atoms with van der Waals surface area (Å²) in [6, 6.07) is 4.26. The van der Waals surface area contributed by atoms with Crippen LogP contribution in [0.4, 0.5) is 24.5 Å². The monoisotopic (exact) mass is 940 g/mol. The van der Waals surface area contributed by atoms with Crippen molar-refractivity contribution in [3.8, 4) is 5.75 Å². The molecule has 2 aromatic carbocycles. The van der Waals surface area contributed by atoms with Crippen LogP contribution in [0, 0.1) is 26.7 Å². The van der Waals surface area contributed by atoms with Crippen LogP contribution in [0.25, 0.3) is 0 Å². The fourth-order valence-corrected chi connectivity index (χ4v) is 7.52. The van der Waals surface area contributed by atoms with Gasteiger partial charge < -0.3 is 14.8 Å². The Morgan fingerprint density at radius 2 is 1.78 bits per heavy atom. The van der Waals surface area contributed by atoms with Crippen LogP contribution in [-0.2, 0) is 30.9 Å². The summed E-state index contributed by atoms with van der Waals surface area (Å²) in [4.78, 5) is 47.5. The molecule has 0 radical (unpaired) electrons. The highest BCUT2D eigenvalue weighted by Crippen LogP contribution is 2.35. The maximum atomic E-state index is 13.1. The van der Waals surface area contributed by atoms with Crippen LogP contribution < -0.4 is 10.1 Å². The van der Waals surface area contributed by atoms with Gasteiger partial charge in [-0.2, -0.15) is 21.6 Å². The van der Waals surface area contributed by atoms with Crippen LogP contribution in [0.3, 0.4) is 0 Å². The molecule has 0 heterocycles. The molecule has 19 heteroatoms. The van der Waals surface area contributed by atoms with Gasteiger partial charge in [-0.25, -0.2) is 4.79 Å². The SMILES string of the molecule is CCC(Cc1c(I)cc(I)c(NC(=O)C(F)(F)F)c1I)C(=O)Oc1cc(C(=O)OCCS(=O)(=O)O)ccc1[N+](=O)[O-]. The van der Waals surface area contributed by atoms with E-state index in [1.807, 2.05) is 27.9 Å². The summed E-state index contributed by atoms with van der Waals surface area (Å²) < 4.78 is 80.0. The minimum Gasteiger partial charge on any atom is -0.461 e. The zero-order valence-corrected chi connectivity index (χ0v) is 27.7. The van der Waals surface area contributed by atoms with E-state index >= 15 is 0 Å². The lowest BCUT2D eigenvalue weighted by molar-refractivity contribution is -0.385. The molecule has 0 aliphatic rings. The van der Waals surface area contributed by atoms with E-state index in [-0.39, 0.29) is 27.7 Å². The molecule has 0 aromatic heterocycles. The first-order chi connectivity index (χ1) is 18.9. The number of hydrogen-bond donors (Lipinski definition) is 2. The van der Waals surface area contributed by atoms with E-state index in [9.17, 15) is 46.1 Å². The van der Waals surface area contributed by atoms with Crippen molar-refractivity contribution in [3.63, 3.8) is 0 Å². The zero-order valence-electron chi connectivity index (χ0n) is 20.5. The number of ether oxygens (including phenoxy) is 2. The van der Waals surface area contributed by atoms with Gasteiger partial charge in [-0.15, -0.1) is 0 Å². The van der Waals surface area contributed by atoms with Gasteiger partial charge in [0.1, 0.15) is 12.4 Å². The summed E-state index contributed by atoms with van der Waals surface area (Å²) in [7, 11) is -4.41. The van der Waals surface area contributed by atoms with Gasteiger partial charge in [-0.3, -0.25) is 24.3 Å². The summed E-state index contributed by atoms with van der Waals surface area (Å²) in [5.74, 6) is -6.66. The fraction of sp³-hybridized carbons (Fsp3) is 0.318. The summed E-state index contributed by atoms with van der Waals surface area (Å²) in [6.45, 7) is 0.905. The maximum absolute atomic E-state index is 13.1. The number of esters is 2. The number of benzene rings is 2. The Morgan fingerprint density at radius 1 is 1.15 bits per heavy atom. The number of carbonyl (C=O) groups excluding carboxylic acids is 3. The van der Waals surface area contributed by atoms with E-state index < -0.39 is 68.8 Å². The van der Waals surface area contributed by atoms with Crippen molar-refractivity contribution in [3.05, 3.63) is 56.2 Å². The van der Waals surface area contributed by atoms with E-state index in [0.717, 1.165) is 18.2 Å². The van der Waals surface area contributed by atoms with Crippen LogP contribution in [0.1, 0.15) is 29.3 Å². The molecule has 224 valence electrons. The Bertz CT molecular complexity index is 1490. The Labute approximate surface area is 271 Å². The number of nitrogens with one attached hydrogen (secondary N) is 1. The van der Waals surface area contributed by atoms with Crippen molar-refractivity contribution in [2.45, 2.75) is 25.9 Å². The first kappa shape index (κ1) is 35.3. The molecule has 1 unspecified atom stereocenters. The van der Waals surface area contributed by atoms with E-state index in [1.54, 1.807) is 52.1 Å². The summed E-state index contributed by atoms with van der Waals surface area (Å²) >= 11 is 5.44. The molecule has 12 nitrogen and oxygen atoms in total. The summed E-state index contributed by atoms with van der Waals surface area (Å²) in [5.41, 5.74) is -0.645. The lowest BCUT2D eigenvalue weighted by Crippen LogP contribution is -2.31. The molecule has 0 aliphatic carbocycles. The van der Waals surface area contributed by atoms with Crippen LogP contribution in [0.15, 0.2) is 24.3 Å². The second kappa shape index (κ2) is 14.5. The maximum Gasteiger partial charge on any atom is 0.471 e. The standard InChI is InChI=1S/C22H18F3I3N2O10S/c1-2-10(7-12-13(26)9-14(27)18(17(12)28)29-21(33)22(23,24)25)20(32)40-16-8-11(3-4-15(16)30(34)35)19(31)39-5-6-41(36,37)38/h3-4,8-10H,2,5-7H2,1H3,(H,29,33)(H,36,37,38). The van der Waals surface area contributed by atoms with Crippen molar-refractivity contribution < 1.29 is 54.9 Å². The highest BCUT2D eigenvalue weighted by Gasteiger charge is 2.39. The molecule has 2 N–H and O–H groups in total. The Hall–Kier alpha value is -1.86. The molecular formula is C22H18F3I3N2O10S. The molecule has 0 saturated carbocycles. The Morgan fingerprint density at radius 3 is 2.32 bits per heavy atom. The highest BCUT2D eigenvalue weighted by atomic mass is 127. The van der Waals surface area contributed by atoms with Crippen molar-refractivity contribution >= 4 is 107 Å². The van der Waals surface area contributed by atoms with Gasteiger partial charge in [0, 0.05) is 22.8 Å². The van der Waals surface area contributed by atoms with E-state index in [2.05, 4.69) is 0 Å². The molecule has 1 atom stereocenters. The molecule has 0 aliphatic heterocycles. The van der Waals surface area contributed by atoms with E-state index in [4.69, 9.17) is 14.0 Å². The average molecular weight is 940 g/mol. The number of anilines is 1. The first-order valence-corrected chi connectivity index (χ1v) is 15.9. The first-order valence-electron chi connectivity index (χ1n) is 11.0. The van der Waals surface area contributed by atoms with Crippen molar-refractivity contribution in [2.75, 3.05) is 17.7 Å². The third-order valence-electron chi connectivity index (χ3n) is 5.21. The van der Waals surface area contributed by atoms with Gasteiger partial charge in [-0.05, 0) is 98.3 Å². The number of amides is 1. The summed E-state index contributed by atoms with van der Waals surface area (Å²) in [6.07, 6.45) is -5.05. The fourth-order valence-electron chi connectivity index (χ4n) is 3.15. The Kier molecular flexibility index (Phi) is 12.5. The van der Waals surface area contributed by atoms with Crippen LogP contribution in [0.5, 0.6) is 5.75 Å². The number of hydrogen-bond acceptors (Lipinski definition) is 9. The molecule has 0 fully saturated rings. The van der Waals surface area contributed by atoms with Gasteiger partial charge in [-0.1, -0.05) is 6.92 Å². The number of nitrogens with zero attached hydrogens (tertiary/aromatic N) is 1. The number of nitro benzene ring substituents is 1. The van der Waals surface area contributed by atoms with Crippen LogP contribution in [-0.4, -0.2) is 54.3 Å². The van der Waals surface area contributed by atoms with Gasteiger partial charge in [0.2, 0.25) is 5.75 Å². The Balaban J connectivity index is 2.34. The number of nitro groups is 1. The molecule has 41 heavy (non-hydrogen) atoms. The zero-order chi connectivity index (χ0) is 31.3. The van der Waals surface area contributed by atoms with E-state index in [1.165, 1.54) is 6.07 Å². The average Bonchev–Trinajstić information content (AvgIpc) is 2.84. The van der Waals surface area contributed by atoms with Gasteiger partial charge >= 0.3 is 29.7 Å². The predicted molar refractivity (Wildman–Crippen MR) is 162 cm³/mol. The van der Waals surface area contributed by atoms with Gasteiger partial charge in [0.15, 0.2) is 0 Å². The number of rotatable bonds is 11. The molecular weight excluding hydrogens is 922 g/mol. The third-order valence-corrected chi connectivity index (χ3v) is 8.90. The second-order valence-corrected chi connectivity index (χ2v) is 13.0. The molecule has 2 rings (SSSR count). The largest absolute Gasteiger partial charge is 0.471 e. The van der Waals surface area contributed by atoms with Crippen molar-refractivity contribution in [2.24, 2.45) is 5.92 Å². The lowest BCUT2D eigenvalue weighted by atomic mass is 9.96. The van der Waals surface area contributed by atoms with Crippen LogP contribution >= 0.6 is 67.8 Å². The number of alkyl halides is 3. The minimum atomic E-state index is -5.13. The minimum absolute atomic E-state index is 0.0666. The quantitative estimate of drug-likeness (QED) is 0.0767. The number of carbonyl (C=O) groups is 3. The number of halogens is 6. The van der Waals surface area contributed by atoms with Crippen molar-refractivity contribution in [1.82, 2.24) is 0 Å².